The number of nitrogens with zero attached hydrogens (tertiary/aromatic N) is 4. The normalized spacial score (nSPS) is 10.3. The number of hydrogen-bond acceptors (Lipinski definition) is 5. The zero-order valence-corrected chi connectivity index (χ0v) is 8.47. The maximum absolute atomic E-state index is 9.15. The molecule has 0 bridgehead atoms. The molecule has 6 nitrogen and oxygen atoms in total. The lowest BCUT2D eigenvalue weighted by molar-refractivity contribution is 0.453. The first kappa shape index (κ1) is 9.45. The molecule has 6 heteroatoms. The average Bonchev–Trinajstić information content (AvgIpc) is 2.50. The Kier molecular flexibility index (Phi) is 2.24. The van der Waals surface area contributed by atoms with Crippen molar-refractivity contribution in [2.75, 3.05) is 5.32 Å². The summed E-state index contributed by atoms with van der Waals surface area (Å²) in [6.45, 7) is 1.93. The highest BCUT2D eigenvalue weighted by Crippen LogP contribution is 2.17. The lowest BCUT2D eigenvalue weighted by Gasteiger charge is -2.03. The van der Waals surface area contributed by atoms with Crippen LogP contribution in [0.5, 0.6) is 5.88 Å². The summed E-state index contributed by atoms with van der Waals surface area (Å²) in [5.41, 5.74) is 1.80. The van der Waals surface area contributed by atoms with Gasteiger partial charge < -0.3 is 10.4 Å². The van der Waals surface area contributed by atoms with Crippen LogP contribution in [0.25, 0.3) is 0 Å². The van der Waals surface area contributed by atoms with Gasteiger partial charge in [0.25, 0.3) is 0 Å². The minimum Gasteiger partial charge on any atom is -0.493 e. The molecule has 0 saturated carbocycles. The summed E-state index contributed by atoms with van der Waals surface area (Å²) < 4.78 is 1.74. The molecule has 0 radical (unpaired) electrons. The van der Waals surface area contributed by atoms with Gasteiger partial charge in [-0.05, 0) is 6.92 Å². The Morgan fingerprint density at radius 2 is 2.27 bits per heavy atom. The zero-order valence-electron chi connectivity index (χ0n) is 8.47. The Morgan fingerprint density at radius 1 is 1.47 bits per heavy atom. The molecule has 2 aromatic heterocycles. The van der Waals surface area contributed by atoms with E-state index in [0.29, 0.717) is 5.95 Å². The van der Waals surface area contributed by atoms with Crippen molar-refractivity contribution in [3.05, 3.63) is 24.2 Å². The minimum atomic E-state index is -0.0611. The quantitative estimate of drug-likeness (QED) is 0.763. The van der Waals surface area contributed by atoms with E-state index < -0.39 is 0 Å². The fourth-order valence-corrected chi connectivity index (χ4v) is 1.15. The van der Waals surface area contributed by atoms with E-state index in [1.165, 1.54) is 12.3 Å². The van der Waals surface area contributed by atoms with Gasteiger partial charge in [-0.1, -0.05) is 0 Å². The minimum absolute atomic E-state index is 0.0611. The molecule has 0 fully saturated rings. The highest BCUT2D eigenvalue weighted by Gasteiger charge is 2.05. The summed E-state index contributed by atoms with van der Waals surface area (Å²) in [6, 6.07) is 1.42. The summed E-state index contributed by atoms with van der Waals surface area (Å²) in [4.78, 5) is 7.78. The molecule has 2 rings (SSSR count). The van der Waals surface area contributed by atoms with Crippen LogP contribution >= 0.6 is 0 Å². The molecular formula is C9H11N5O. The van der Waals surface area contributed by atoms with Crippen molar-refractivity contribution in [1.29, 1.82) is 0 Å². The highest BCUT2D eigenvalue weighted by atomic mass is 16.3. The van der Waals surface area contributed by atoms with Gasteiger partial charge in [0, 0.05) is 19.3 Å². The molecule has 2 aromatic rings. The van der Waals surface area contributed by atoms with Crippen molar-refractivity contribution < 1.29 is 5.11 Å². The number of nitrogens with one attached hydrogen (secondary N) is 1. The maximum Gasteiger partial charge on any atom is 0.230 e. The molecule has 0 unspecified atom stereocenters. The van der Waals surface area contributed by atoms with Gasteiger partial charge in [0.2, 0.25) is 11.8 Å². The summed E-state index contributed by atoms with van der Waals surface area (Å²) >= 11 is 0. The van der Waals surface area contributed by atoms with Gasteiger partial charge >= 0.3 is 0 Å². The third kappa shape index (κ3) is 1.88. The van der Waals surface area contributed by atoms with Crippen LogP contribution in [0.15, 0.2) is 18.5 Å². The molecule has 0 aliphatic heterocycles. The van der Waals surface area contributed by atoms with Crippen molar-refractivity contribution in [2.24, 2.45) is 7.05 Å². The number of rotatable bonds is 2. The second-order valence-corrected chi connectivity index (χ2v) is 3.13. The fourth-order valence-electron chi connectivity index (χ4n) is 1.15. The number of anilines is 2. The predicted octanol–water partition coefficient (Wildman–Crippen LogP) is 0.968. The third-order valence-electron chi connectivity index (χ3n) is 2.12. The Bertz CT molecular complexity index is 479. The zero-order chi connectivity index (χ0) is 10.8. The molecule has 78 valence electrons. The van der Waals surface area contributed by atoms with Crippen LogP contribution in [-0.2, 0) is 7.05 Å². The topological polar surface area (TPSA) is 75.9 Å². The third-order valence-corrected chi connectivity index (χ3v) is 2.12. The van der Waals surface area contributed by atoms with E-state index in [4.69, 9.17) is 5.11 Å². The monoisotopic (exact) mass is 205 g/mol. The molecule has 0 spiro atoms. The molecule has 0 saturated heterocycles. The Balaban J connectivity index is 2.26. The molecule has 2 heterocycles. The lowest BCUT2D eigenvalue weighted by atomic mass is 10.4. The molecule has 0 aliphatic carbocycles. The van der Waals surface area contributed by atoms with E-state index in [-0.39, 0.29) is 5.88 Å². The second-order valence-electron chi connectivity index (χ2n) is 3.13. The van der Waals surface area contributed by atoms with Crippen LogP contribution in [0.3, 0.4) is 0 Å². The van der Waals surface area contributed by atoms with Crippen molar-refractivity contribution in [2.45, 2.75) is 6.92 Å². The van der Waals surface area contributed by atoms with Crippen LogP contribution in [0.4, 0.5) is 11.6 Å². The van der Waals surface area contributed by atoms with Crippen LogP contribution in [0.2, 0.25) is 0 Å². The van der Waals surface area contributed by atoms with Crippen molar-refractivity contribution in [3.8, 4) is 5.88 Å². The van der Waals surface area contributed by atoms with Gasteiger partial charge in [0.1, 0.15) is 0 Å². The maximum atomic E-state index is 9.15. The first-order valence-electron chi connectivity index (χ1n) is 4.44. The van der Waals surface area contributed by atoms with E-state index in [1.807, 2.05) is 14.0 Å². The van der Waals surface area contributed by atoms with E-state index in [9.17, 15) is 0 Å². The Hall–Kier alpha value is -2.11. The standard InChI is InChI=1S/C9H11N5O/c1-6-7(5-11-14(6)2)12-9-10-4-3-8(15)13-9/h3-5H,1-2H3,(H2,10,12,13,15). The van der Waals surface area contributed by atoms with Crippen LogP contribution < -0.4 is 5.32 Å². The lowest BCUT2D eigenvalue weighted by Crippen LogP contribution is -1.98. The van der Waals surface area contributed by atoms with Crippen LogP contribution in [0, 0.1) is 6.92 Å². The molecule has 0 amide bonds. The highest BCUT2D eigenvalue weighted by molar-refractivity contribution is 5.55. The average molecular weight is 205 g/mol. The number of hydrogen-bond donors (Lipinski definition) is 2. The summed E-state index contributed by atoms with van der Waals surface area (Å²) in [5.74, 6) is 0.292. The molecule has 0 atom stereocenters. The number of aryl methyl sites for hydroxylation is 1. The van der Waals surface area contributed by atoms with E-state index in [0.717, 1.165) is 11.4 Å². The smallest absolute Gasteiger partial charge is 0.230 e. The Labute approximate surface area is 86.6 Å². The SMILES string of the molecule is Cc1c(Nc2nccc(O)n2)cnn1C. The van der Waals surface area contributed by atoms with E-state index >= 15 is 0 Å². The van der Waals surface area contributed by atoms with Crippen molar-refractivity contribution in [1.82, 2.24) is 19.7 Å². The van der Waals surface area contributed by atoms with Gasteiger partial charge in [0.15, 0.2) is 0 Å². The van der Waals surface area contributed by atoms with Crippen molar-refractivity contribution >= 4 is 11.6 Å². The summed E-state index contributed by atoms with van der Waals surface area (Å²) in [7, 11) is 1.85. The predicted molar refractivity (Wildman–Crippen MR) is 54.9 cm³/mol. The first-order chi connectivity index (χ1) is 7.16. The number of aromatic nitrogens is 4. The molecule has 0 aliphatic rings. The summed E-state index contributed by atoms with van der Waals surface area (Å²) in [6.07, 6.45) is 3.17. The van der Waals surface area contributed by atoms with Gasteiger partial charge in [-0.3, -0.25) is 4.68 Å². The van der Waals surface area contributed by atoms with Gasteiger partial charge in [-0.2, -0.15) is 10.1 Å². The van der Waals surface area contributed by atoms with E-state index in [2.05, 4.69) is 20.4 Å². The fraction of sp³-hybridized carbons (Fsp3) is 0.222. The molecule has 15 heavy (non-hydrogen) atoms. The van der Waals surface area contributed by atoms with Gasteiger partial charge in [0.05, 0.1) is 17.6 Å². The van der Waals surface area contributed by atoms with Crippen molar-refractivity contribution in [3.63, 3.8) is 0 Å². The first-order valence-corrected chi connectivity index (χ1v) is 4.44. The van der Waals surface area contributed by atoms with Crippen LogP contribution in [-0.4, -0.2) is 24.9 Å². The molecule has 2 N–H and O–H groups in total. The Morgan fingerprint density at radius 3 is 2.87 bits per heavy atom. The number of aromatic hydroxyl groups is 1. The largest absolute Gasteiger partial charge is 0.493 e. The van der Waals surface area contributed by atoms with Gasteiger partial charge in [-0.25, -0.2) is 4.98 Å². The van der Waals surface area contributed by atoms with Gasteiger partial charge in [-0.15, -0.1) is 0 Å². The molecule has 0 aromatic carbocycles. The van der Waals surface area contributed by atoms with Crippen LogP contribution in [0.1, 0.15) is 5.69 Å². The summed E-state index contributed by atoms with van der Waals surface area (Å²) in [5, 5.41) is 16.2. The second kappa shape index (κ2) is 3.56. The molecular weight excluding hydrogens is 194 g/mol. The van der Waals surface area contributed by atoms with E-state index in [1.54, 1.807) is 10.9 Å².